The van der Waals surface area contributed by atoms with Gasteiger partial charge in [-0.3, -0.25) is 0 Å². The van der Waals surface area contributed by atoms with Gasteiger partial charge < -0.3 is 13.9 Å². The highest BCUT2D eigenvalue weighted by molar-refractivity contribution is 5.93. The lowest BCUT2D eigenvalue weighted by Gasteiger charge is -2.09. The third-order valence-electron chi connectivity index (χ3n) is 3.26. The molecule has 0 atom stereocenters. The van der Waals surface area contributed by atoms with Crippen molar-refractivity contribution in [3.8, 4) is 17.2 Å². The van der Waals surface area contributed by atoms with Crippen LogP contribution in [0.1, 0.15) is 24.2 Å². The molecule has 0 saturated carbocycles. The largest absolute Gasteiger partial charge is 0.491 e. The lowest BCUT2D eigenvalue weighted by Crippen LogP contribution is -2.05. The standard InChI is InChI=1S/C18H17NO4/c1-11(2)22-14-6-4-5-12(9-14)17-19-15-8-7-13(18(20)21-3)10-16(15)23-17/h4-11H,1-3H3. The van der Waals surface area contributed by atoms with Gasteiger partial charge in [0.15, 0.2) is 5.58 Å². The number of ether oxygens (including phenoxy) is 2. The zero-order valence-corrected chi connectivity index (χ0v) is 13.2. The molecule has 0 fully saturated rings. The maximum Gasteiger partial charge on any atom is 0.337 e. The van der Waals surface area contributed by atoms with E-state index < -0.39 is 5.97 Å². The summed E-state index contributed by atoms with van der Waals surface area (Å²) in [7, 11) is 1.35. The zero-order chi connectivity index (χ0) is 16.4. The summed E-state index contributed by atoms with van der Waals surface area (Å²) in [5, 5.41) is 0. The number of fused-ring (bicyclic) bond motifs is 1. The lowest BCUT2D eigenvalue weighted by molar-refractivity contribution is 0.0601. The first kappa shape index (κ1) is 15.1. The molecule has 3 rings (SSSR count). The van der Waals surface area contributed by atoms with Crippen molar-refractivity contribution in [1.29, 1.82) is 0 Å². The Morgan fingerprint density at radius 1 is 1.17 bits per heavy atom. The van der Waals surface area contributed by atoms with Crippen molar-refractivity contribution in [2.45, 2.75) is 20.0 Å². The highest BCUT2D eigenvalue weighted by Gasteiger charge is 2.12. The van der Waals surface area contributed by atoms with Crippen LogP contribution >= 0.6 is 0 Å². The summed E-state index contributed by atoms with van der Waals surface area (Å²) in [5.74, 6) is 0.836. The predicted molar refractivity (Wildman–Crippen MR) is 86.5 cm³/mol. The molecule has 0 aliphatic rings. The van der Waals surface area contributed by atoms with Crippen molar-refractivity contribution >= 4 is 17.1 Å². The summed E-state index contributed by atoms with van der Waals surface area (Å²) in [5.41, 5.74) is 2.47. The van der Waals surface area contributed by atoms with Crippen molar-refractivity contribution in [1.82, 2.24) is 4.98 Å². The minimum Gasteiger partial charge on any atom is -0.491 e. The summed E-state index contributed by atoms with van der Waals surface area (Å²) < 4.78 is 16.2. The van der Waals surface area contributed by atoms with Crippen molar-refractivity contribution < 1.29 is 18.7 Å². The highest BCUT2D eigenvalue weighted by Crippen LogP contribution is 2.28. The van der Waals surface area contributed by atoms with E-state index in [-0.39, 0.29) is 6.10 Å². The van der Waals surface area contributed by atoms with Crippen LogP contribution in [0.3, 0.4) is 0 Å². The monoisotopic (exact) mass is 311 g/mol. The summed E-state index contributed by atoms with van der Waals surface area (Å²) in [6.45, 7) is 3.95. The van der Waals surface area contributed by atoms with E-state index in [1.807, 2.05) is 38.1 Å². The third-order valence-corrected chi connectivity index (χ3v) is 3.26. The van der Waals surface area contributed by atoms with Gasteiger partial charge in [-0.1, -0.05) is 6.07 Å². The normalized spacial score (nSPS) is 11.0. The Hall–Kier alpha value is -2.82. The SMILES string of the molecule is COC(=O)c1ccc2nc(-c3cccc(OC(C)C)c3)oc2c1. The van der Waals surface area contributed by atoms with Crippen LogP contribution < -0.4 is 4.74 Å². The third kappa shape index (κ3) is 3.18. The van der Waals surface area contributed by atoms with Crippen molar-refractivity contribution in [3.63, 3.8) is 0 Å². The van der Waals surface area contributed by atoms with Crippen LogP contribution in [0.5, 0.6) is 5.75 Å². The predicted octanol–water partition coefficient (Wildman–Crippen LogP) is 4.07. The van der Waals surface area contributed by atoms with Crippen molar-refractivity contribution in [2.75, 3.05) is 7.11 Å². The number of aromatic nitrogens is 1. The number of esters is 1. The molecule has 2 aromatic carbocycles. The minimum atomic E-state index is -0.405. The fourth-order valence-electron chi connectivity index (χ4n) is 2.27. The van der Waals surface area contributed by atoms with Gasteiger partial charge in [0.2, 0.25) is 5.89 Å². The summed E-state index contributed by atoms with van der Waals surface area (Å²) in [6.07, 6.45) is 0.0940. The van der Waals surface area contributed by atoms with Crippen LogP contribution in [0.2, 0.25) is 0 Å². The number of carbonyl (C=O) groups excluding carboxylic acids is 1. The summed E-state index contributed by atoms with van der Waals surface area (Å²) in [4.78, 5) is 16.0. The van der Waals surface area contributed by atoms with Gasteiger partial charge >= 0.3 is 5.97 Å². The first-order valence-corrected chi connectivity index (χ1v) is 7.33. The van der Waals surface area contributed by atoms with Gasteiger partial charge in [-0.05, 0) is 50.2 Å². The molecular weight excluding hydrogens is 294 g/mol. The molecule has 0 spiro atoms. The van der Waals surface area contributed by atoms with Crippen LogP contribution in [0.25, 0.3) is 22.6 Å². The summed E-state index contributed by atoms with van der Waals surface area (Å²) >= 11 is 0. The molecule has 0 aliphatic heterocycles. The average Bonchev–Trinajstić information content (AvgIpc) is 2.97. The number of methoxy groups -OCH3 is 1. The van der Waals surface area contributed by atoms with E-state index in [2.05, 4.69) is 4.98 Å². The summed E-state index contributed by atoms with van der Waals surface area (Å²) in [6, 6.07) is 12.6. The zero-order valence-electron chi connectivity index (χ0n) is 13.2. The smallest absolute Gasteiger partial charge is 0.337 e. The van der Waals surface area contributed by atoms with Crippen LogP contribution in [-0.4, -0.2) is 24.2 Å². The molecule has 0 bridgehead atoms. The van der Waals surface area contributed by atoms with Crippen molar-refractivity contribution in [2.24, 2.45) is 0 Å². The topological polar surface area (TPSA) is 61.6 Å². The maximum atomic E-state index is 11.6. The second-order valence-electron chi connectivity index (χ2n) is 5.39. The van der Waals surface area contributed by atoms with Crippen molar-refractivity contribution in [3.05, 3.63) is 48.0 Å². The molecule has 1 heterocycles. The van der Waals surface area contributed by atoms with Gasteiger partial charge in [0.25, 0.3) is 0 Å². The highest BCUT2D eigenvalue weighted by atomic mass is 16.5. The Labute approximate surface area is 133 Å². The Balaban J connectivity index is 1.98. The van der Waals surface area contributed by atoms with Gasteiger partial charge in [-0.15, -0.1) is 0 Å². The van der Waals surface area contributed by atoms with Crippen LogP contribution in [0.15, 0.2) is 46.9 Å². The second-order valence-corrected chi connectivity index (χ2v) is 5.39. The quantitative estimate of drug-likeness (QED) is 0.680. The molecule has 0 aliphatic carbocycles. The number of benzene rings is 2. The molecule has 23 heavy (non-hydrogen) atoms. The Morgan fingerprint density at radius 2 is 2.00 bits per heavy atom. The van der Waals surface area contributed by atoms with Gasteiger partial charge in [-0.25, -0.2) is 9.78 Å². The van der Waals surface area contributed by atoms with E-state index in [1.165, 1.54) is 7.11 Å². The first-order valence-electron chi connectivity index (χ1n) is 7.33. The number of carbonyl (C=O) groups is 1. The second kappa shape index (κ2) is 6.12. The molecular formula is C18H17NO4. The Kier molecular flexibility index (Phi) is 4.02. The van der Waals surface area contributed by atoms with E-state index in [4.69, 9.17) is 13.9 Å². The van der Waals surface area contributed by atoms with E-state index in [9.17, 15) is 4.79 Å². The minimum absolute atomic E-state index is 0.0940. The number of oxazole rings is 1. The van der Waals surface area contributed by atoms with E-state index >= 15 is 0 Å². The molecule has 0 unspecified atom stereocenters. The average molecular weight is 311 g/mol. The van der Waals surface area contributed by atoms with Crippen LogP contribution in [-0.2, 0) is 4.74 Å². The molecule has 0 amide bonds. The molecule has 3 aromatic rings. The molecule has 0 radical (unpaired) electrons. The molecule has 118 valence electrons. The fraction of sp³-hybridized carbons (Fsp3) is 0.222. The number of rotatable bonds is 4. The van der Waals surface area contributed by atoms with Crippen LogP contribution in [0.4, 0.5) is 0 Å². The molecule has 5 heteroatoms. The fourth-order valence-corrected chi connectivity index (χ4v) is 2.27. The van der Waals surface area contributed by atoms with Gasteiger partial charge in [0.1, 0.15) is 11.3 Å². The van der Waals surface area contributed by atoms with E-state index in [0.29, 0.717) is 22.6 Å². The first-order chi connectivity index (χ1) is 11.1. The Bertz CT molecular complexity index is 851. The Morgan fingerprint density at radius 3 is 2.74 bits per heavy atom. The van der Waals surface area contributed by atoms with Gasteiger partial charge in [0.05, 0.1) is 18.8 Å². The van der Waals surface area contributed by atoms with Gasteiger partial charge in [0, 0.05) is 5.56 Å². The number of hydrogen-bond donors (Lipinski definition) is 0. The molecule has 5 nitrogen and oxygen atoms in total. The van der Waals surface area contributed by atoms with E-state index in [1.54, 1.807) is 18.2 Å². The maximum absolute atomic E-state index is 11.6. The number of nitrogens with zero attached hydrogens (tertiary/aromatic N) is 1. The van der Waals surface area contributed by atoms with Crippen LogP contribution in [0, 0.1) is 0 Å². The van der Waals surface area contributed by atoms with Gasteiger partial charge in [-0.2, -0.15) is 0 Å². The molecule has 1 aromatic heterocycles. The lowest BCUT2D eigenvalue weighted by atomic mass is 10.2. The van der Waals surface area contributed by atoms with E-state index in [0.717, 1.165) is 11.3 Å². The molecule has 0 saturated heterocycles. The molecule has 0 N–H and O–H groups in total. The number of hydrogen-bond acceptors (Lipinski definition) is 5.